The number of pyridine rings is 3. The second kappa shape index (κ2) is 8.82. The molecule has 0 radical (unpaired) electrons. The Kier molecular flexibility index (Phi) is 5.77. The van der Waals surface area contributed by atoms with Crippen LogP contribution in [0.2, 0.25) is 0 Å². The molecule has 4 aromatic rings. The van der Waals surface area contributed by atoms with Crippen molar-refractivity contribution in [1.82, 2.24) is 20.3 Å². The van der Waals surface area contributed by atoms with Gasteiger partial charge in [0.25, 0.3) is 5.91 Å². The van der Waals surface area contributed by atoms with Crippen LogP contribution in [0.25, 0.3) is 15.7 Å². The number of rotatable bonds is 5. The van der Waals surface area contributed by atoms with E-state index in [1.54, 1.807) is 30.6 Å². The number of nitrogen functional groups attached to an aromatic ring is 1. The van der Waals surface area contributed by atoms with Crippen molar-refractivity contribution in [3.8, 4) is 0 Å². The molecule has 0 aliphatic carbocycles. The van der Waals surface area contributed by atoms with Crippen LogP contribution < -0.4 is 11.1 Å². The summed E-state index contributed by atoms with van der Waals surface area (Å²) in [6, 6.07) is 13.1. The standard InChI is InChI=1S/C25H22N6O/c1-15-8-24(26)31-16(2)22(15)14-30-25(32)18-6-7-28-20(11-18)10-17-4-5-23-19(9-17)12-21(27-3)13-29-23/h4-9,11-13H,10,14H2,1-2H3,(H2,26,31)(H,30,32). The Labute approximate surface area is 186 Å². The van der Waals surface area contributed by atoms with Crippen LogP contribution >= 0.6 is 0 Å². The van der Waals surface area contributed by atoms with Crippen LogP contribution in [0.15, 0.2) is 54.9 Å². The minimum Gasteiger partial charge on any atom is -0.384 e. The molecule has 3 aromatic heterocycles. The third kappa shape index (κ3) is 4.55. The van der Waals surface area contributed by atoms with E-state index in [9.17, 15) is 4.79 Å². The largest absolute Gasteiger partial charge is 0.384 e. The van der Waals surface area contributed by atoms with Crippen LogP contribution in [-0.4, -0.2) is 20.9 Å². The van der Waals surface area contributed by atoms with Gasteiger partial charge in [-0.2, -0.15) is 0 Å². The molecule has 0 aliphatic heterocycles. The lowest BCUT2D eigenvalue weighted by Gasteiger charge is -2.12. The normalized spacial score (nSPS) is 10.7. The van der Waals surface area contributed by atoms with Crippen LogP contribution in [0.3, 0.4) is 0 Å². The molecule has 32 heavy (non-hydrogen) atoms. The lowest BCUT2D eigenvalue weighted by molar-refractivity contribution is 0.0950. The van der Waals surface area contributed by atoms with Crippen molar-refractivity contribution in [3.05, 3.63) is 99.9 Å². The number of benzene rings is 1. The lowest BCUT2D eigenvalue weighted by Crippen LogP contribution is -2.24. The van der Waals surface area contributed by atoms with Gasteiger partial charge in [0.1, 0.15) is 5.82 Å². The summed E-state index contributed by atoms with van der Waals surface area (Å²) in [6.07, 6.45) is 3.78. The van der Waals surface area contributed by atoms with E-state index in [4.69, 9.17) is 12.3 Å². The molecular formula is C25H22N6O. The van der Waals surface area contributed by atoms with Crippen molar-refractivity contribution in [2.45, 2.75) is 26.8 Å². The van der Waals surface area contributed by atoms with Crippen LogP contribution in [-0.2, 0) is 13.0 Å². The van der Waals surface area contributed by atoms with Gasteiger partial charge in [-0.05, 0) is 66.3 Å². The Morgan fingerprint density at radius 1 is 1.12 bits per heavy atom. The summed E-state index contributed by atoms with van der Waals surface area (Å²) in [6.45, 7) is 11.4. The Morgan fingerprint density at radius 2 is 1.97 bits per heavy atom. The summed E-state index contributed by atoms with van der Waals surface area (Å²) in [7, 11) is 0. The van der Waals surface area contributed by atoms with Gasteiger partial charge in [0.05, 0.1) is 12.1 Å². The Bertz CT molecular complexity index is 1350. The molecular weight excluding hydrogens is 400 g/mol. The predicted molar refractivity (Wildman–Crippen MR) is 124 cm³/mol. The highest BCUT2D eigenvalue weighted by Gasteiger charge is 2.11. The van der Waals surface area contributed by atoms with Crippen LogP contribution in [0.1, 0.15) is 38.4 Å². The number of amides is 1. The van der Waals surface area contributed by atoms with Gasteiger partial charge in [0, 0.05) is 42.3 Å². The maximum absolute atomic E-state index is 12.7. The quantitative estimate of drug-likeness (QED) is 0.468. The smallest absolute Gasteiger partial charge is 0.251 e. The Hall–Kier alpha value is -4.31. The maximum atomic E-state index is 12.7. The summed E-state index contributed by atoms with van der Waals surface area (Å²) in [5, 5.41) is 3.87. The number of nitrogens with two attached hydrogens (primary N) is 1. The first-order valence-electron chi connectivity index (χ1n) is 10.1. The minimum absolute atomic E-state index is 0.173. The monoisotopic (exact) mass is 422 g/mol. The van der Waals surface area contributed by atoms with Gasteiger partial charge < -0.3 is 11.1 Å². The van der Waals surface area contributed by atoms with E-state index in [-0.39, 0.29) is 5.91 Å². The van der Waals surface area contributed by atoms with Crippen LogP contribution in [0.5, 0.6) is 0 Å². The molecule has 0 fully saturated rings. The number of carbonyl (C=O) groups is 1. The van der Waals surface area contributed by atoms with E-state index in [1.165, 1.54) is 0 Å². The topological polar surface area (TPSA) is 98.2 Å². The van der Waals surface area contributed by atoms with Gasteiger partial charge in [-0.15, -0.1) is 0 Å². The predicted octanol–water partition coefficient (Wildman–Crippen LogP) is 4.30. The second-order valence-electron chi connectivity index (χ2n) is 7.66. The van der Waals surface area contributed by atoms with Gasteiger partial charge in [0.15, 0.2) is 0 Å². The molecule has 4 rings (SSSR count). The zero-order chi connectivity index (χ0) is 22.7. The highest BCUT2D eigenvalue weighted by atomic mass is 16.1. The molecule has 0 aliphatic rings. The van der Waals surface area contributed by atoms with E-state index in [0.29, 0.717) is 30.0 Å². The first kappa shape index (κ1) is 20.9. The number of aryl methyl sites for hydroxylation is 2. The molecule has 0 atom stereocenters. The first-order chi connectivity index (χ1) is 15.4. The van der Waals surface area contributed by atoms with Gasteiger partial charge >= 0.3 is 0 Å². The molecule has 7 heteroatoms. The summed E-state index contributed by atoms with van der Waals surface area (Å²) in [5.74, 6) is 0.303. The molecule has 0 bridgehead atoms. The molecule has 0 unspecified atom stereocenters. The lowest BCUT2D eigenvalue weighted by atomic mass is 10.0. The van der Waals surface area contributed by atoms with Crippen molar-refractivity contribution in [2.75, 3.05) is 5.73 Å². The van der Waals surface area contributed by atoms with Crippen LogP contribution in [0, 0.1) is 20.4 Å². The fourth-order valence-corrected chi connectivity index (χ4v) is 3.69. The summed E-state index contributed by atoms with van der Waals surface area (Å²) < 4.78 is 0. The van der Waals surface area contributed by atoms with E-state index < -0.39 is 0 Å². The zero-order valence-corrected chi connectivity index (χ0v) is 17.9. The molecule has 3 heterocycles. The molecule has 0 spiro atoms. The number of hydrogen-bond acceptors (Lipinski definition) is 5. The van der Waals surface area contributed by atoms with Gasteiger partial charge in [0.2, 0.25) is 5.69 Å². The highest BCUT2D eigenvalue weighted by Crippen LogP contribution is 2.21. The van der Waals surface area contributed by atoms with Crippen molar-refractivity contribution < 1.29 is 4.79 Å². The molecule has 0 saturated heterocycles. The van der Waals surface area contributed by atoms with Crippen molar-refractivity contribution in [2.24, 2.45) is 0 Å². The SMILES string of the molecule is [C-]#[N+]c1cnc2ccc(Cc3cc(C(=O)NCc4c(C)cc(N)nc4C)ccn3)cc2c1. The Morgan fingerprint density at radius 3 is 2.75 bits per heavy atom. The fourth-order valence-electron chi connectivity index (χ4n) is 3.69. The van der Waals surface area contributed by atoms with Crippen molar-refractivity contribution >= 4 is 28.3 Å². The van der Waals surface area contributed by atoms with E-state index in [0.717, 1.165) is 39.0 Å². The van der Waals surface area contributed by atoms with E-state index >= 15 is 0 Å². The second-order valence-corrected chi connectivity index (χ2v) is 7.66. The average molecular weight is 422 g/mol. The summed E-state index contributed by atoms with van der Waals surface area (Å²) in [5.41, 5.74) is 12.3. The third-order valence-corrected chi connectivity index (χ3v) is 5.32. The summed E-state index contributed by atoms with van der Waals surface area (Å²) in [4.78, 5) is 29.2. The van der Waals surface area contributed by atoms with Gasteiger partial charge in [-0.3, -0.25) is 14.8 Å². The Balaban J connectivity index is 1.49. The van der Waals surface area contributed by atoms with Gasteiger partial charge in [-0.25, -0.2) is 9.83 Å². The van der Waals surface area contributed by atoms with Crippen molar-refractivity contribution in [3.63, 3.8) is 0 Å². The fraction of sp³-hybridized carbons (Fsp3) is 0.160. The number of anilines is 1. The van der Waals surface area contributed by atoms with E-state index in [1.807, 2.05) is 38.1 Å². The first-order valence-corrected chi connectivity index (χ1v) is 10.1. The molecule has 3 N–H and O–H groups in total. The molecule has 7 nitrogen and oxygen atoms in total. The number of nitrogens with one attached hydrogen (secondary N) is 1. The van der Waals surface area contributed by atoms with E-state index in [2.05, 4.69) is 25.1 Å². The minimum atomic E-state index is -0.173. The zero-order valence-electron chi connectivity index (χ0n) is 17.9. The van der Waals surface area contributed by atoms with Crippen molar-refractivity contribution in [1.29, 1.82) is 0 Å². The molecule has 0 saturated carbocycles. The average Bonchev–Trinajstić information content (AvgIpc) is 2.78. The highest BCUT2D eigenvalue weighted by molar-refractivity contribution is 5.94. The summed E-state index contributed by atoms with van der Waals surface area (Å²) >= 11 is 0. The maximum Gasteiger partial charge on any atom is 0.251 e. The number of fused-ring (bicyclic) bond motifs is 1. The van der Waals surface area contributed by atoms with Gasteiger partial charge in [-0.1, -0.05) is 12.1 Å². The number of hydrogen-bond donors (Lipinski definition) is 2. The number of carbonyl (C=O) groups excluding carboxylic acids is 1. The number of nitrogens with zero attached hydrogens (tertiary/aromatic N) is 4. The molecule has 1 aromatic carbocycles. The third-order valence-electron chi connectivity index (χ3n) is 5.32. The van der Waals surface area contributed by atoms with Crippen LogP contribution in [0.4, 0.5) is 11.5 Å². The molecule has 1 amide bonds. The number of aromatic nitrogens is 3. The molecule has 158 valence electrons.